The van der Waals surface area contributed by atoms with E-state index in [4.69, 9.17) is 9.52 Å². The summed E-state index contributed by atoms with van der Waals surface area (Å²) in [5, 5.41) is 8.85. The number of aromatic carboxylic acids is 1. The fourth-order valence-corrected chi connectivity index (χ4v) is 1.58. The Balaban J connectivity index is 2.38. The van der Waals surface area contributed by atoms with Crippen LogP contribution in [0.15, 0.2) is 27.5 Å². The van der Waals surface area contributed by atoms with E-state index in [0.717, 1.165) is 5.69 Å². The zero-order valence-electron chi connectivity index (χ0n) is 10.0. The summed E-state index contributed by atoms with van der Waals surface area (Å²) in [7, 11) is 0. The molecule has 0 atom stereocenters. The maximum Gasteiger partial charge on any atom is 0.341 e. The summed E-state index contributed by atoms with van der Waals surface area (Å²) >= 11 is 0. The molecule has 2 rings (SSSR count). The van der Waals surface area contributed by atoms with Crippen LogP contribution in [0.2, 0.25) is 0 Å². The molecule has 0 aliphatic carbocycles. The van der Waals surface area contributed by atoms with Crippen molar-refractivity contribution in [1.82, 2.24) is 9.55 Å². The lowest BCUT2D eigenvalue weighted by atomic mass is 10.3. The molecule has 0 spiro atoms. The Morgan fingerprint density at radius 1 is 1.50 bits per heavy atom. The van der Waals surface area contributed by atoms with Crippen LogP contribution in [-0.4, -0.2) is 20.6 Å². The van der Waals surface area contributed by atoms with Crippen LogP contribution in [0.25, 0.3) is 0 Å². The number of hydrogen-bond donors (Lipinski definition) is 1. The highest BCUT2D eigenvalue weighted by Crippen LogP contribution is 2.09. The maximum atomic E-state index is 11.8. The Labute approximate surface area is 103 Å². The number of carboxylic acid groups (broad SMARTS) is 1. The molecule has 0 fully saturated rings. The first-order chi connectivity index (χ1) is 8.49. The number of aromatic nitrogens is 2. The van der Waals surface area contributed by atoms with Gasteiger partial charge in [0.1, 0.15) is 17.9 Å². The van der Waals surface area contributed by atoms with Gasteiger partial charge < -0.3 is 14.1 Å². The van der Waals surface area contributed by atoms with Crippen molar-refractivity contribution < 1.29 is 14.3 Å². The van der Waals surface area contributed by atoms with Gasteiger partial charge in [0.15, 0.2) is 0 Å². The highest BCUT2D eigenvalue weighted by molar-refractivity contribution is 5.86. The van der Waals surface area contributed by atoms with E-state index < -0.39 is 11.5 Å². The topological polar surface area (TPSA) is 85.3 Å². The van der Waals surface area contributed by atoms with Gasteiger partial charge in [0.25, 0.3) is 5.56 Å². The zero-order valence-corrected chi connectivity index (χ0v) is 10.0. The Hall–Kier alpha value is -2.37. The number of aryl methyl sites for hydroxylation is 2. The van der Waals surface area contributed by atoms with Crippen LogP contribution in [0.3, 0.4) is 0 Å². The SMILES string of the molecule is Cc1nc(Cn2cccc(C(=O)O)c2=O)oc1C. The van der Waals surface area contributed by atoms with Crippen molar-refractivity contribution in [2.24, 2.45) is 0 Å². The first-order valence-electron chi connectivity index (χ1n) is 5.34. The number of hydrogen-bond acceptors (Lipinski definition) is 4. The lowest BCUT2D eigenvalue weighted by Crippen LogP contribution is -2.26. The molecule has 0 unspecified atom stereocenters. The molecule has 0 aromatic carbocycles. The zero-order chi connectivity index (χ0) is 13.3. The number of oxazole rings is 1. The standard InChI is InChI=1S/C12H12N2O4/c1-7-8(2)18-10(13-7)6-14-5-3-4-9(11(14)15)12(16)17/h3-5H,6H2,1-2H3,(H,16,17). The number of pyridine rings is 1. The highest BCUT2D eigenvalue weighted by Gasteiger charge is 2.12. The molecule has 0 saturated heterocycles. The summed E-state index contributed by atoms with van der Waals surface area (Å²) in [6.07, 6.45) is 1.50. The van der Waals surface area contributed by atoms with Gasteiger partial charge in [-0.25, -0.2) is 9.78 Å². The van der Waals surface area contributed by atoms with Crippen molar-refractivity contribution in [1.29, 1.82) is 0 Å². The Kier molecular flexibility index (Phi) is 3.01. The molecule has 0 aliphatic heterocycles. The number of carbonyl (C=O) groups is 1. The Morgan fingerprint density at radius 2 is 2.22 bits per heavy atom. The van der Waals surface area contributed by atoms with E-state index in [1.807, 2.05) is 0 Å². The molecule has 0 saturated carbocycles. The van der Waals surface area contributed by atoms with Crippen LogP contribution in [0.4, 0.5) is 0 Å². The Bertz CT molecular complexity index is 635. The predicted molar refractivity (Wildman–Crippen MR) is 62.7 cm³/mol. The second kappa shape index (κ2) is 4.48. The molecule has 0 aliphatic rings. The average molecular weight is 248 g/mol. The second-order valence-electron chi connectivity index (χ2n) is 3.91. The summed E-state index contributed by atoms with van der Waals surface area (Å²) < 4.78 is 6.61. The molecule has 6 heteroatoms. The number of nitrogens with zero attached hydrogens (tertiary/aromatic N) is 2. The van der Waals surface area contributed by atoms with Gasteiger partial charge in [-0.05, 0) is 26.0 Å². The molecular formula is C12H12N2O4. The van der Waals surface area contributed by atoms with Gasteiger partial charge in [-0.3, -0.25) is 4.79 Å². The van der Waals surface area contributed by atoms with Crippen molar-refractivity contribution in [3.8, 4) is 0 Å². The minimum absolute atomic E-state index is 0.120. The molecule has 6 nitrogen and oxygen atoms in total. The van der Waals surface area contributed by atoms with Crippen molar-refractivity contribution in [3.63, 3.8) is 0 Å². The summed E-state index contributed by atoms with van der Waals surface area (Å²) in [5.41, 5.74) is -0.0801. The van der Waals surface area contributed by atoms with Crippen molar-refractivity contribution in [3.05, 3.63) is 51.6 Å². The summed E-state index contributed by atoms with van der Waals surface area (Å²) in [4.78, 5) is 26.8. The quantitative estimate of drug-likeness (QED) is 0.882. The first kappa shape index (κ1) is 12.1. The molecule has 0 bridgehead atoms. The lowest BCUT2D eigenvalue weighted by Gasteiger charge is -2.03. The van der Waals surface area contributed by atoms with Gasteiger partial charge in [-0.2, -0.15) is 0 Å². The summed E-state index contributed by atoms with van der Waals surface area (Å²) in [6, 6.07) is 2.78. The van der Waals surface area contributed by atoms with Gasteiger partial charge in [-0.15, -0.1) is 0 Å². The number of rotatable bonds is 3. The molecule has 2 aromatic rings. The molecule has 0 radical (unpaired) electrons. The fraction of sp³-hybridized carbons (Fsp3) is 0.250. The van der Waals surface area contributed by atoms with E-state index in [9.17, 15) is 9.59 Å². The predicted octanol–water partition coefficient (Wildman–Crippen LogP) is 1.20. The van der Waals surface area contributed by atoms with E-state index in [2.05, 4.69) is 4.98 Å². The first-order valence-corrected chi connectivity index (χ1v) is 5.34. The largest absolute Gasteiger partial charge is 0.477 e. The average Bonchev–Trinajstić information content (AvgIpc) is 2.60. The smallest absolute Gasteiger partial charge is 0.341 e. The minimum Gasteiger partial charge on any atom is -0.477 e. The lowest BCUT2D eigenvalue weighted by molar-refractivity contribution is 0.0694. The van der Waals surface area contributed by atoms with E-state index in [1.165, 1.54) is 22.9 Å². The van der Waals surface area contributed by atoms with E-state index in [-0.39, 0.29) is 12.1 Å². The Morgan fingerprint density at radius 3 is 2.78 bits per heavy atom. The third-order valence-electron chi connectivity index (χ3n) is 2.63. The highest BCUT2D eigenvalue weighted by atomic mass is 16.4. The maximum absolute atomic E-state index is 11.8. The molecule has 0 amide bonds. The summed E-state index contributed by atoms with van der Waals surface area (Å²) in [5.74, 6) is -0.170. The van der Waals surface area contributed by atoms with Gasteiger partial charge in [0.2, 0.25) is 5.89 Å². The molecule has 94 valence electrons. The molecule has 2 heterocycles. The third kappa shape index (κ3) is 2.17. The summed E-state index contributed by atoms with van der Waals surface area (Å²) in [6.45, 7) is 3.70. The fourth-order valence-electron chi connectivity index (χ4n) is 1.58. The van der Waals surface area contributed by atoms with Crippen LogP contribution in [-0.2, 0) is 6.54 Å². The molecule has 2 aromatic heterocycles. The van der Waals surface area contributed by atoms with E-state index in [1.54, 1.807) is 13.8 Å². The van der Waals surface area contributed by atoms with Crippen LogP contribution in [0.5, 0.6) is 0 Å². The van der Waals surface area contributed by atoms with Gasteiger partial charge in [-0.1, -0.05) is 0 Å². The third-order valence-corrected chi connectivity index (χ3v) is 2.63. The van der Waals surface area contributed by atoms with Gasteiger partial charge in [0.05, 0.1) is 5.69 Å². The second-order valence-corrected chi connectivity index (χ2v) is 3.91. The van der Waals surface area contributed by atoms with Crippen LogP contribution in [0.1, 0.15) is 27.7 Å². The van der Waals surface area contributed by atoms with Crippen LogP contribution < -0.4 is 5.56 Å². The van der Waals surface area contributed by atoms with Crippen molar-refractivity contribution >= 4 is 5.97 Å². The van der Waals surface area contributed by atoms with E-state index in [0.29, 0.717) is 11.7 Å². The minimum atomic E-state index is -1.24. The molecule has 18 heavy (non-hydrogen) atoms. The van der Waals surface area contributed by atoms with Gasteiger partial charge in [0, 0.05) is 6.20 Å². The molecular weight excluding hydrogens is 236 g/mol. The monoisotopic (exact) mass is 248 g/mol. The van der Waals surface area contributed by atoms with Crippen molar-refractivity contribution in [2.75, 3.05) is 0 Å². The van der Waals surface area contributed by atoms with Crippen molar-refractivity contribution in [2.45, 2.75) is 20.4 Å². The normalized spacial score (nSPS) is 10.6. The van der Waals surface area contributed by atoms with Gasteiger partial charge >= 0.3 is 5.97 Å². The molecule has 1 N–H and O–H groups in total. The van der Waals surface area contributed by atoms with Crippen LogP contribution in [0, 0.1) is 13.8 Å². The van der Waals surface area contributed by atoms with E-state index >= 15 is 0 Å². The number of carboxylic acids is 1. The van der Waals surface area contributed by atoms with Crippen LogP contribution >= 0.6 is 0 Å².